The van der Waals surface area contributed by atoms with E-state index in [0.717, 1.165) is 0 Å². The second-order valence-electron chi connectivity index (χ2n) is 13.7. The van der Waals surface area contributed by atoms with Gasteiger partial charge in [-0.15, -0.1) is 0 Å². The largest absolute Gasteiger partial charge is 0.0622 e. The molecular formula is C53H38. The van der Waals surface area contributed by atoms with Gasteiger partial charge in [-0.25, -0.2) is 0 Å². The van der Waals surface area contributed by atoms with Crippen molar-refractivity contribution < 1.29 is 0 Å². The van der Waals surface area contributed by atoms with Crippen LogP contribution in [0.25, 0.3) is 89.3 Å². The molecule has 0 radical (unpaired) electrons. The van der Waals surface area contributed by atoms with Crippen LogP contribution in [0.2, 0.25) is 0 Å². The van der Waals surface area contributed by atoms with E-state index in [-0.39, 0.29) is 0 Å². The molecule has 0 saturated heterocycles. The van der Waals surface area contributed by atoms with Gasteiger partial charge in [0.15, 0.2) is 0 Å². The summed E-state index contributed by atoms with van der Waals surface area (Å²) >= 11 is 0. The maximum absolute atomic E-state index is 2.40. The highest BCUT2D eigenvalue weighted by Gasteiger charge is 2.20. The Kier molecular flexibility index (Phi) is 8.56. The fraction of sp³-hybridized carbons (Fsp3) is 0.0189. The highest BCUT2D eigenvalue weighted by molar-refractivity contribution is 6.22. The van der Waals surface area contributed by atoms with Gasteiger partial charge in [-0.05, 0) is 113 Å². The van der Waals surface area contributed by atoms with Crippen LogP contribution in [0.3, 0.4) is 0 Å². The molecule has 53 heavy (non-hydrogen) atoms. The van der Waals surface area contributed by atoms with Gasteiger partial charge in [0.1, 0.15) is 0 Å². The molecule has 0 saturated carbocycles. The van der Waals surface area contributed by atoms with E-state index in [2.05, 4.69) is 219 Å². The Morgan fingerprint density at radius 1 is 0.283 bits per heavy atom. The van der Waals surface area contributed by atoms with E-state index in [1.807, 2.05) is 0 Å². The molecule has 0 aliphatic rings. The minimum atomic E-state index is 1.17. The summed E-state index contributed by atoms with van der Waals surface area (Å²) in [5.74, 6) is 0. The molecule has 0 unspecified atom stereocenters. The zero-order chi connectivity index (χ0) is 35.6. The highest BCUT2D eigenvalue weighted by Crippen LogP contribution is 2.46. The lowest BCUT2D eigenvalue weighted by Gasteiger charge is -2.21. The van der Waals surface area contributed by atoms with Crippen molar-refractivity contribution in [1.82, 2.24) is 0 Å². The highest BCUT2D eigenvalue weighted by atomic mass is 14.2. The van der Waals surface area contributed by atoms with Gasteiger partial charge in [0.25, 0.3) is 0 Å². The maximum Gasteiger partial charge on any atom is -0.00233 e. The molecule has 9 aromatic carbocycles. The fourth-order valence-electron chi connectivity index (χ4n) is 7.79. The van der Waals surface area contributed by atoms with Crippen molar-refractivity contribution >= 4 is 33.7 Å². The van der Waals surface area contributed by atoms with E-state index in [4.69, 9.17) is 0 Å². The average Bonchev–Trinajstić information content (AvgIpc) is 3.24. The molecule has 0 aromatic heterocycles. The third kappa shape index (κ3) is 6.26. The van der Waals surface area contributed by atoms with Crippen molar-refractivity contribution in [2.45, 2.75) is 6.92 Å². The van der Waals surface area contributed by atoms with Crippen LogP contribution in [0.5, 0.6) is 0 Å². The Labute approximate surface area is 312 Å². The van der Waals surface area contributed by atoms with Crippen LogP contribution in [0.4, 0.5) is 0 Å². The summed E-state index contributed by atoms with van der Waals surface area (Å²) in [6, 6.07) is 72.5. The van der Waals surface area contributed by atoms with Crippen molar-refractivity contribution in [2.75, 3.05) is 0 Å². The van der Waals surface area contributed by atoms with Crippen molar-refractivity contribution in [1.29, 1.82) is 0 Å². The smallest absolute Gasteiger partial charge is 0.00233 e. The van der Waals surface area contributed by atoms with E-state index >= 15 is 0 Å². The van der Waals surface area contributed by atoms with Crippen LogP contribution in [-0.4, -0.2) is 0 Å². The van der Waals surface area contributed by atoms with E-state index < -0.39 is 0 Å². The molecule has 0 heterocycles. The van der Waals surface area contributed by atoms with Crippen molar-refractivity contribution in [2.24, 2.45) is 0 Å². The Hall–Kier alpha value is -6.76. The van der Waals surface area contributed by atoms with Crippen LogP contribution in [0, 0.1) is 6.92 Å². The van der Waals surface area contributed by atoms with E-state index in [1.54, 1.807) is 0 Å². The molecule has 9 aromatic rings. The number of hydrogen-bond donors (Lipinski definition) is 0. The van der Waals surface area contributed by atoms with Crippen molar-refractivity contribution in [3.63, 3.8) is 0 Å². The second-order valence-corrected chi connectivity index (χ2v) is 13.7. The topological polar surface area (TPSA) is 0 Å². The predicted molar refractivity (Wildman–Crippen MR) is 229 cm³/mol. The van der Waals surface area contributed by atoms with E-state index in [0.29, 0.717) is 0 Å². The normalized spacial score (nSPS) is 11.4. The zero-order valence-electron chi connectivity index (χ0n) is 29.7. The lowest BCUT2D eigenvalue weighted by molar-refractivity contribution is 1.45. The monoisotopic (exact) mass is 674 g/mol. The van der Waals surface area contributed by atoms with Crippen molar-refractivity contribution in [3.8, 4) is 55.6 Å². The van der Waals surface area contributed by atoms with Crippen LogP contribution in [-0.2, 0) is 0 Å². The number of fused-ring (bicyclic) bond motifs is 2. The van der Waals surface area contributed by atoms with E-state index in [9.17, 15) is 0 Å². The van der Waals surface area contributed by atoms with Gasteiger partial charge in [-0.1, -0.05) is 200 Å². The van der Waals surface area contributed by atoms with Crippen LogP contribution < -0.4 is 0 Å². The van der Waals surface area contributed by atoms with Crippen LogP contribution >= 0.6 is 0 Å². The first-order chi connectivity index (χ1) is 26.2. The number of rotatable bonds is 7. The molecule has 0 atom stereocenters. The van der Waals surface area contributed by atoms with Gasteiger partial charge < -0.3 is 0 Å². The Balaban J connectivity index is 1.16. The number of benzene rings is 9. The summed E-state index contributed by atoms with van der Waals surface area (Å²) in [7, 11) is 0. The summed E-state index contributed by atoms with van der Waals surface area (Å²) < 4.78 is 0. The molecule has 0 aliphatic heterocycles. The zero-order valence-corrected chi connectivity index (χ0v) is 29.7. The molecule has 250 valence electrons. The molecule has 0 heteroatoms. The lowest BCUT2D eigenvalue weighted by atomic mass is 9.82. The predicted octanol–water partition coefficient (Wildman–Crippen LogP) is 14.8. The molecule has 0 nitrogen and oxygen atoms in total. The van der Waals surface area contributed by atoms with Gasteiger partial charge in [-0.2, -0.15) is 0 Å². The molecular weight excluding hydrogens is 637 g/mol. The average molecular weight is 675 g/mol. The fourth-order valence-corrected chi connectivity index (χ4v) is 7.79. The first kappa shape index (κ1) is 32.2. The molecule has 0 amide bonds. The third-order valence-electron chi connectivity index (χ3n) is 10.5. The van der Waals surface area contributed by atoms with Gasteiger partial charge in [-0.3, -0.25) is 0 Å². The van der Waals surface area contributed by atoms with Gasteiger partial charge in [0.2, 0.25) is 0 Å². The number of hydrogen-bond acceptors (Lipinski definition) is 0. The maximum atomic E-state index is 2.40. The summed E-state index contributed by atoms with van der Waals surface area (Å²) in [5.41, 5.74) is 16.1. The Morgan fingerprint density at radius 3 is 1.13 bits per heavy atom. The van der Waals surface area contributed by atoms with Gasteiger partial charge in [0.05, 0.1) is 0 Å². The van der Waals surface area contributed by atoms with Crippen molar-refractivity contribution in [3.05, 3.63) is 217 Å². The Morgan fingerprint density at radius 2 is 0.642 bits per heavy atom. The minimum absolute atomic E-state index is 1.17. The molecule has 0 spiro atoms. The molecule has 0 bridgehead atoms. The quantitative estimate of drug-likeness (QED) is 0.117. The summed E-state index contributed by atoms with van der Waals surface area (Å²) in [6.07, 6.45) is 4.40. The molecule has 0 fully saturated rings. The van der Waals surface area contributed by atoms with Crippen LogP contribution in [0.1, 0.15) is 16.7 Å². The summed E-state index contributed by atoms with van der Waals surface area (Å²) in [4.78, 5) is 0. The van der Waals surface area contributed by atoms with Crippen LogP contribution in [0.15, 0.2) is 200 Å². The first-order valence-electron chi connectivity index (χ1n) is 18.3. The molecule has 0 aliphatic carbocycles. The lowest BCUT2D eigenvalue weighted by Crippen LogP contribution is -1.95. The first-order valence-corrected chi connectivity index (χ1v) is 18.3. The summed E-state index contributed by atoms with van der Waals surface area (Å²) in [6.45, 7) is 2.29. The molecule has 9 rings (SSSR count). The Bertz CT molecular complexity index is 2660. The second kappa shape index (κ2) is 14.1. The minimum Gasteiger partial charge on any atom is -0.0622 e. The third-order valence-corrected chi connectivity index (χ3v) is 10.5. The molecule has 0 N–H and O–H groups in total. The van der Waals surface area contributed by atoms with E-state index in [1.165, 1.54) is 93.9 Å². The van der Waals surface area contributed by atoms with Gasteiger partial charge in [0, 0.05) is 0 Å². The standard InChI is InChI=1S/C53H38/c1-37-50(43-19-9-4-10-20-43)35-45(41-17-7-3-8-18-41)36-51(37)53-48-23-13-11-21-46(48)52(47-22-12-14-24-49(47)53)44-33-29-39(30-34-44)26-25-38-27-31-42(32-28-38)40-15-5-2-6-16-40/h2-36H,1H3/b26-25+. The SMILES string of the molecule is Cc1c(-c2ccccc2)cc(-c2ccccc2)cc1-c1c2ccccc2c(-c2ccc(/C=C/c3ccc(-c4ccccc4)cc3)cc2)c2ccccc12. The summed E-state index contributed by atoms with van der Waals surface area (Å²) in [5, 5.41) is 5.04. The van der Waals surface area contributed by atoms with Gasteiger partial charge >= 0.3 is 0 Å².